The molecule has 0 saturated heterocycles. The van der Waals surface area contributed by atoms with Crippen LogP contribution in [0.1, 0.15) is 12.5 Å². The predicted molar refractivity (Wildman–Crippen MR) is 111 cm³/mol. The van der Waals surface area contributed by atoms with Crippen LogP contribution in [0.4, 0.5) is 16.2 Å². The Bertz CT molecular complexity index is 1120. The van der Waals surface area contributed by atoms with E-state index in [4.69, 9.17) is 9.94 Å². The lowest BCUT2D eigenvalue weighted by Crippen LogP contribution is -2.23. The third-order valence-corrected chi connectivity index (χ3v) is 4.31. The van der Waals surface area contributed by atoms with Crippen molar-refractivity contribution in [2.45, 2.75) is 13.5 Å². The first-order valence-electron chi connectivity index (χ1n) is 8.87. The molecule has 3 rings (SSSR count). The number of hydrogen-bond acceptors (Lipinski definition) is 6. The number of rotatable bonds is 6. The number of methoxy groups -OCH3 is 1. The predicted octanol–water partition coefficient (Wildman–Crippen LogP) is 2.89. The van der Waals surface area contributed by atoms with Gasteiger partial charge in [-0.1, -0.05) is 17.3 Å². The standard InChI is InChI=1S/C20H21N5O4/c1-13(24-28)14-4-3-5-15(10-14)22-20(27)23-16-6-7-18-17(11-16)19(26)25(12-21-18)8-9-29-2/h3-7,10-12,28H,8-9H2,1-2H3,(H2,22,23,27)/b24-13-. The molecule has 1 aromatic heterocycles. The van der Waals surface area contributed by atoms with Gasteiger partial charge in [-0.05, 0) is 37.3 Å². The molecule has 150 valence electrons. The van der Waals surface area contributed by atoms with Crippen molar-refractivity contribution in [3.63, 3.8) is 0 Å². The summed E-state index contributed by atoms with van der Waals surface area (Å²) in [7, 11) is 1.56. The summed E-state index contributed by atoms with van der Waals surface area (Å²) in [5.74, 6) is 0. The first-order valence-corrected chi connectivity index (χ1v) is 8.87. The fourth-order valence-corrected chi connectivity index (χ4v) is 2.76. The van der Waals surface area contributed by atoms with E-state index in [0.29, 0.717) is 46.7 Å². The molecule has 3 aromatic rings. The van der Waals surface area contributed by atoms with Gasteiger partial charge in [-0.15, -0.1) is 0 Å². The van der Waals surface area contributed by atoms with Gasteiger partial charge in [-0.2, -0.15) is 0 Å². The molecule has 2 aromatic carbocycles. The van der Waals surface area contributed by atoms with Gasteiger partial charge in [0.2, 0.25) is 0 Å². The number of nitrogens with one attached hydrogen (secondary N) is 2. The summed E-state index contributed by atoms with van der Waals surface area (Å²) < 4.78 is 6.47. The first-order chi connectivity index (χ1) is 14.0. The fraction of sp³-hybridized carbons (Fsp3) is 0.200. The maximum atomic E-state index is 12.6. The Morgan fingerprint density at radius 3 is 2.69 bits per heavy atom. The van der Waals surface area contributed by atoms with Crippen LogP contribution < -0.4 is 16.2 Å². The van der Waals surface area contributed by atoms with Crippen LogP contribution in [-0.4, -0.2) is 40.2 Å². The molecule has 0 radical (unpaired) electrons. The van der Waals surface area contributed by atoms with Crippen LogP contribution in [0.5, 0.6) is 0 Å². The van der Waals surface area contributed by atoms with Crippen molar-refractivity contribution in [3.8, 4) is 0 Å². The second kappa shape index (κ2) is 8.98. The number of anilines is 2. The van der Waals surface area contributed by atoms with Crippen LogP contribution in [0.25, 0.3) is 10.9 Å². The lowest BCUT2D eigenvalue weighted by Gasteiger charge is -2.10. The zero-order valence-corrected chi connectivity index (χ0v) is 16.0. The Morgan fingerprint density at radius 2 is 1.97 bits per heavy atom. The summed E-state index contributed by atoms with van der Waals surface area (Å²) in [5, 5.41) is 17.8. The number of fused-ring (bicyclic) bond motifs is 1. The van der Waals surface area contributed by atoms with Gasteiger partial charge in [0.1, 0.15) is 0 Å². The summed E-state index contributed by atoms with van der Waals surface area (Å²) >= 11 is 0. The smallest absolute Gasteiger partial charge is 0.323 e. The highest BCUT2D eigenvalue weighted by Gasteiger charge is 2.08. The third-order valence-electron chi connectivity index (χ3n) is 4.31. The lowest BCUT2D eigenvalue weighted by molar-refractivity contribution is 0.186. The maximum absolute atomic E-state index is 12.6. The normalized spacial score (nSPS) is 11.4. The van der Waals surface area contributed by atoms with Crippen LogP contribution in [0, 0.1) is 0 Å². The van der Waals surface area contributed by atoms with Crippen molar-refractivity contribution in [1.82, 2.24) is 9.55 Å². The van der Waals surface area contributed by atoms with Crippen molar-refractivity contribution in [1.29, 1.82) is 0 Å². The molecular formula is C20H21N5O4. The largest absolute Gasteiger partial charge is 0.411 e. The Hall–Kier alpha value is -3.72. The highest BCUT2D eigenvalue weighted by atomic mass is 16.5. The van der Waals surface area contributed by atoms with Gasteiger partial charge in [-0.25, -0.2) is 9.78 Å². The molecule has 9 heteroatoms. The number of benzene rings is 2. The van der Waals surface area contributed by atoms with Crippen molar-refractivity contribution in [2.24, 2.45) is 5.16 Å². The Labute approximate surface area is 166 Å². The minimum absolute atomic E-state index is 0.206. The molecule has 29 heavy (non-hydrogen) atoms. The van der Waals surface area contributed by atoms with E-state index in [1.807, 2.05) is 0 Å². The topological polar surface area (TPSA) is 118 Å². The first kappa shape index (κ1) is 20.0. The number of aromatic nitrogens is 2. The second-order valence-corrected chi connectivity index (χ2v) is 6.31. The van der Waals surface area contributed by atoms with Gasteiger partial charge in [0.15, 0.2) is 0 Å². The molecule has 0 aliphatic rings. The van der Waals surface area contributed by atoms with Crippen molar-refractivity contribution in [2.75, 3.05) is 24.4 Å². The zero-order valence-electron chi connectivity index (χ0n) is 16.0. The highest BCUT2D eigenvalue weighted by Crippen LogP contribution is 2.16. The summed E-state index contributed by atoms with van der Waals surface area (Å²) in [4.78, 5) is 29.2. The minimum Gasteiger partial charge on any atom is -0.411 e. The number of urea groups is 1. The molecule has 0 aliphatic carbocycles. The number of ether oxygens (including phenoxy) is 1. The van der Waals surface area contributed by atoms with E-state index in [1.165, 1.54) is 10.9 Å². The van der Waals surface area contributed by atoms with Crippen LogP contribution in [0.15, 0.2) is 58.7 Å². The minimum atomic E-state index is -0.469. The molecule has 0 bridgehead atoms. The zero-order chi connectivity index (χ0) is 20.8. The number of amides is 2. The fourth-order valence-electron chi connectivity index (χ4n) is 2.76. The van der Waals surface area contributed by atoms with Gasteiger partial charge in [0.25, 0.3) is 5.56 Å². The molecule has 0 unspecified atom stereocenters. The SMILES string of the molecule is COCCn1cnc2ccc(NC(=O)Nc3cccc(/C(C)=N\O)c3)cc2c1=O. The number of carbonyl (C=O) groups is 1. The molecule has 0 aliphatic heterocycles. The monoisotopic (exact) mass is 395 g/mol. The summed E-state index contributed by atoms with van der Waals surface area (Å²) in [6.45, 7) is 2.44. The maximum Gasteiger partial charge on any atom is 0.323 e. The molecule has 0 saturated carbocycles. The summed E-state index contributed by atoms with van der Waals surface area (Å²) in [6, 6.07) is 11.4. The van der Waals surface area contributed by atoms with Gasteiger partial charge in [-0.3, -0.25) is 9.36 Å². The molecule has 0 fully saturated rings. The molecule has 3 N–H and O–H groups in total. The average Bonchev–Trinajstić information content (AvgIpc) is 2.73. The third kappa shape index (κ3) is 4.77. The van der Waals surface area contributed by atoms with Gasteiger partial charge in [0.05, 0.1) is 36.1 Å². The van der Waals surface area contributed by atoms with E-state index in [9.17, 15) is 9.59 Å². The van der Waals surface area contributed by atoms with Crippen LogP contribution in [0.3, 0.4) is 0 Å². The lowest BCUT2D eigenvalue weighted by atomic mass is 10.1. The van der Waals surface area contributed by atoms with Crippen molar-refractivity contribution >= 4 is 34.0 Å². The number of carbonyl (C=O) groups excluding carboxylic acids is 1. The number of nitrogens with zero attached hydrogens (tertiary/aromatic N) is 3. The summed E-state index contributed by atoms with van der Waals surface area (Å²) in [6.07, 6.45) is 1.48. The average molecular weight is 395 g/mol. The van der Waals surface area contributed by atoms with Crippen LogP contribution in [0.2, 0.25) is 0 Å². The molecule has 0 spiro atoms. The highest BCUT2D eigenvalue weighted by molar-refractivity contribution is 6.03. The van der Waals surface area contributed by atoms with Crippen molar-refractivity contribution < 1.29 is 14.7 Å². The Kier molecular flexibility index (Phi) is 6.20. The van der Waals surface area contributed by atoms with E-state index in [2.05, 4.69) is 20.8 Å². The molecule has 9 nitrogen and oxygen atoms in total. The molecule has 0 atom stereocenters. The van der Waals surface area contributed by atoms with E-state index in [-0.39, 0.29) is 5.56 Å². The molecular weight excluding hydrogens is 374 g/mol. The Balaban J connectivity index is 1.78. The van der Waals surface area contributed by atoms with Gasteiger partial charge < -0.3 is 20.6 Å². The summed E-state index contributed by atoms with van der Waals surface area (Å²) in [5.41, 5.74) is 2.44. The number of hydrogen-bond donors (Lipinski definition) is 3. The van der Waals surface area contributed by atoms with E-state index in [1.54, 1.807) is 56.5 Å². The van der Waals surface area contributed by atoms with Crippen molar-refractivity contribution in [3.05, 3.63) is 64.7 Å². The van der Waals surface area contributed by atoms with Gasteiger partial charge >= 0.3 is 6.03 Å². The quantitative estimate of drug-likeness (QED) is 0.337. The van der Waals surface area contributed by atoms with E-state index < -0.39 is 6.03 Å². The Morgan fingerprint density at radius 1 is 1.21 bits per heavy atom. The van der Waals surface area contributed by atoms with Crippen LogP contribution in [-0.2, 0) is 11.3 Å². The molecule has 1 heterocycles. The second-order valence-electron chi connectivity index (χ2n) is 6.31. The van der Waals surface area contributed by atoms with E-state index >= 15 is 0 Å². The van der Waals surface area contributed by atoms with E-state index in [0.717, 1.165) is 0 Å². The van der Waals surface area contributed by atoms with Gasteiger partial charge in [0, 0.05) is 24.0 Å². The van der Waals surface area contributed by atoms with Crippen LogP contribution >= 0.6 is 0 Å². The number of oxime groups is 1. The molecule has 2 amide bonds.